The van der Waals surface area contributed by atoms with E-state index in [-0.39, 0.29) is 0 Å². The molecule has 44 heavy (non-hydrogen) atoms. The van der Waals surface area contributed by atoms with Crippen molar-refractivity contribution in [1.82, 2.24) is 0 Å². The molecule has 0 aromatic heterocycles. The minimum Gasteiger partial charge on any atom is -0.394 e. The van der Waals surface area contributed by atoms with Crippen molar-refractivity contribution in [1.29, 1.82) is 0 Å². The van der Waals surface area contributed by atoms with Crippen LogP contribution in [0.25, 0.3) is 0 Å². The average Bonchev–Trinajstić information content (AvgIpc) is 3.00. The van der Waals surface area contributed by atoms with Crippen LogP contribution in [0.4, 0.5) is 0 Å². The van der Waals surface area contributed by atoms with Gasteiger partial charge in [0, 0.05) is 0 Å². The minimum atomic E-state index is -4.37. The van der Waals surface area contributed by atoms with Gasteiger partial charge in [-0.05, 0) is 12.8 Å². The summed E-state index contributed by atoms with van der Waals surface area (Å²) in [6, 6.07) is 0. The maximum Gasteiger partial charge on any atom is 0.472 e. The Morgan fingerprint density at radius 2 is 0.705 bits per heavy atom. The third-order valence-corrected chi connectivity index (χ3v) is 8.75. The highest BCUT2D eigenvalue weighted by Crippen LogP contribution is 2.44. The number of aliphatic hydroxyl groups is 4. The van der Waals surface area contributed by atoms with E-state index in [1.54, 1.807) is 0 Å². The Hall–Kier alpha value is 0.0600. The number of rotatable bonds is 32. The van der Waals surface area contributed by atoms with Crippen molar-refractivity contribution in [3.8, 4) is 0 Å². The van der Waals surface area contributed by atoms with E-state index in [4.69, 9.17) is 34.4 Å². The Morgan fingerprint density at radius 3 is 0.977 bits per heavy atom. The molecule has 0 aromatic carbocycles. The number of unbranched alkanes of at least 4 members (excludes halogenated alkanes) is 18. The topological polar surface area (TPSA) is 192 Å². The van der Waals surface area contributed by atoms with Crippen molar-refractivity contribution in [3.05, 3.63) is 0 Å². The maximum absolute atomic E-state index is 11.8. The molecule has 2 atom stereocenters. The number of aliphatic hydroxyl groups excluding tert-OH is 4. The van der Waals surface area contributed by atoms with Crippen LogP contribution in [0.1, 0.15) is 142 Å². The molecule has 0 heterocycles. The number of hydrogen-bond acceptors (Lipinski definition) is 10. The van der Waals surface area contributed by atoms with Gasteiger partial charge in [-0.2, -0.15) is 0 Å². The van der Waals surface area contributed by atoms with Crippen LogP contribution in [0.3, 0.4) is 0 Å². The molecule has 0 aromatic rings. The highest BCUT2D eigenvalue weighted by Gasteiger charge is 2.24. The molecule has 0 aliphatic carbocycles. The molecule has 0 saturated carbocycles. The van der Waals surface area contributed by atoms with Gasteiger partial charge in [-0.1, -0.05) is 129 Å². The van der Waals surface area contributed by atoms with Gasteiger partial charge >= 0.3 is 15.6 Å². The van der Waals surface area contributed by atoms with Crippen molar-refractivity contribution in [2.75, 3.05) is 39.6 Å². The molecule has 0 bridgehead atoms. The lowest BCUT2D eigenvalue weighted by Gasteiger charge is -2.15. The third-order valence-electron chi connectivity index (χ3n) is 6.79. The zero-order valence-corrected chi connectivity index (χ0v) is 29.4. The Labute approximate surface area is 267 Å². The summed E-state index contributed by atoms with van der Waals surface area (Å²) < 4.78 is 41.5. The summed E-state index contributed by atoms with van der Waals surface area (Å²) in [5.41, 5.74) is 0. The molecule has 0 amide bonds. The van der Waals surface area contributed by atoms with Gasteiger partial charge in [-0.3, -0.25) is 18.1 Å². The van der Waals surface area contributed by atoms with Crippen LogP contribution in [-0.2, 0) is 27.2 Å². The first-order valence-corrected chi connectivity index (χ1v) is 19.8. The number of phosphoric acid groups is 2. The fourth-order valence-corrected chi connectivity index (χ4v) is 5.67. The number of phosphoric ester groups is 2. The standard InChI is InChI=1S/C24H51O4P.C6H15O8P/c1-3-5-7-9-11-13-15-17-19-21-23-27-29(25,26)28-24-22-20-18-16-14-12-10-8-6-4-2;7-1-5(9)3-13-15(11,12)14-4-6(10)2-8/h3-24H2,1-2H3,(H,25,26);5-10H,1-4H2,(H,11,12). The summed E-state index contributed by atoms with van der Waals surface area (Å²) in [7, 11) is -8.22. The first-order chi connectivity index (χ1) is 21.0. The van der Waals surface area contributed by atoms with Crippen LogP contribution in [-0.4, -0.2) is 82.1 Å². The zero-order valence-electron chi connectivity index (χ0n) is 27.6. The van der Waals surface area contributed by atoms with Gasteiger partial charge in [0.2, 0.25) is 0 Å². The molecule has 0 rings (SSSR count). The van der Waals surface area contributed by atoms with Gasteiger partial charge in [0.15, 0.2) is 0 Å². The molecule has 14 heteroatoms. The SMILES string of the molecule is CCCCCCCCCCCCOP(=O)(O)OCCCCCCCCCCCC.O=P(O)(OCC(O)CO)OCC(O)CO. The van der Waals surface area contributed by atoms with Crippen molar-refractivity contribution in [2.24, 2.45) is 0 Å². The van der Waals surface area contributed by atoms with Crippen molar-refractivity contribution in [3.63, 3.8) is 0 Å². The highest BCUT2D eigenvalue weighted by molar-refractivity contribution is 7.47. The van der Waals surface area contributed by atoms with Crippen LogP contribution in [0, 0.1) is 0 Å². The Kier molecular flexibility index (Phi) is 34.6. The second kappa shape index (κ2) is 33.0. The molecule has 0 aliphatic heterocycles. The Balaban J connectivity index is 0. The third kappa shape index (κ3) is 36.5. The van der Waals surface area contributed by atoms with E-state index in [0.29, 0.717) is 13.2 Å². The van der Waals surface area contributed by atoms with E-state index in [9.17, 15) is 14.0 Å². The Bertz CT molecular complexity index is 638. The normalized spacial score (nSPS) is 14.5. The monoisotopic (exact) mass is 680 g/mol. The molecule has 0 saturated heterocycles. The predicted octanol–water partition coefficient (Wildman–Crippen LogP) is 6.79. The fraction of sp³-hybridized carbons (Fsp3) is 1.00. The first-order valence-electron chi connectivity index (χ1n) is 16.8. The molecule has 0 fully saturated rings. The summed E-state index contributed by atoms with van der Waals surface area (Å²) in [6.45, 7) is 2.77. The fourth-order valence-electron chi connectivity index (χ4n) is 4.08. The van der Waals surface area contributed by atoms with Crippen LogP contribution >= 0.6 is 15.6 Å². The quantitative estimate of drug-likeness (QED) is 0.0322. The summed E-state index contributed by atoms with van der Waals surface area (Å²) in [5, 5.41) is 34.3. The van der Waals surface area contributed by atoms with Crippen LogP contribution < -0.4 is 0 Å². The number of hydrogen-bond donors (Lipinski definition) is 6. The smallest absolute Gasteiger partial charge is 0.394 e. The first kappa shape index (κ1) is 46.2. The highest BCUT2D eigenvalue weighted by atomic mass is 31.2. The van der Waals surface area contributed by atoms with E-state index in [1.807, 2.05) is 0 Å². The molecular weight excluding hydrogens is 614 g/mol. The average molecular weight is 681 g/mol. The lowest BCUT2D eigenvalue weighted by molar-refractivity contribution is 0.0160. The molecule has 6 N–H and O–H groups in total. The zero-order chi connectivity index (χ0) is 33.4. The van der Waals surface area contributed by atoms with Crippen molar-refractivity contribution in [2.45, 2.75) is 154 Å². The van der Waals surface area contributed by atoms with Gasteiger partial charge in [0.05, 0.1) is 39.6 Å². The van der Waals surface area contributed by atoms with Gasteiger partial charge < -0.3 is 30.2 Å². The molecule has 0 aliphatic rings. The van der Waals surface area contributed by atoms with E-state index in [2.05, 4.69) is 22.9 Å². The van der Waals surface area contributed by atoms with E-state index >= 15 is 0 Å². The largest absolute Gasteiger partial charge is 0.472 e. The lowest BCUT2D eigenvalue weighted by Crippen LogP contribution is -2.21. The maximum atomic E-state index is 11.8. The van der Waals surface area contributed by atoms with Gasteiger partial charge in [0.1, 0.15) is 12.2 Å². The van der Waals surface area contributed by atoms with Crippen molar-refractivity contribution < 1.29 is 57.4 Å². The summed E-state index contributed by atoms with van der Waals surface area (Å²) in [4.78, 5) is 18.6. The Morgan fingerprint density at radius 1 is 0.455 bits per heavy atom. The second-order valence-electron chi connectivity index (χ2n) is 11.2. The van der Waals surface area contributed by atoms with Gasteiger partial charge in [0.25, 0.3) is 0 Å². The van der Waals surface area contributed by atoms with E-state index in [1.165, 1.54) is 103 Å². The van der Waals surface area contributed by atoms with Gasteiger partial charge in [-0.15, -0.1) is 0 Å². The molecule has 12 nitrogen and oxygen atoms in total. The van der Waals surface area contributed by atoms with Crippen LogP contribution in [0.15, 0.2) is 0 Å². The predicted molar refractivity (Wildman–Crippen MR) is 173 cm³/mol. The van der Waals surface area contributed by atoms with E-state index in [0.717, 1.165) is 25.7 Å². The minimum absolute atomic E-state index is 0.322. The molecule has 0 spiro atoms. The summed E-state index contributed by atoms with van der Waals surface area (Å²) in [5.74, 6) is 0. The van der Waals surface area contributed by atoms with E-state index < -0.39 is 54.3 Å². The van der Waals surface area contributed by atoms with Gasteiger partial charge in [-0.25, -0.2) is 9.13 Å². The molecule has 0 radical (unpaired) electrons. The lowest BCUT2D eigenvalue weighted by atomic mass is 10.1. The van der Waals surface area contributed by atoms with Crippen LogP contribution in [0.5, 0.6) is 0 Å². The van der Waals surface area contributed by atoms with Crippen molar-refractivity contribution >= 4 is 15.6 Å². The second-order valence-corrected chi connectivity index (χ2v) is 14.1. The van der Waals surface area contributed by atoms with Crippen LogP contribution in [0.2, 0.25) is 0 Å². The summed E-state index contributed by atoms with van der Waals surface area (Å²) >= 11 is 0. The molecular formula is C30H66O12P2. The molecule has 2 unspecified atom stereocenters. The molecule has 268 valence electrons. The summed E-state index contributed by atoms with van der Waals surface area (Å²) in [6.07, 6.45) is 22.2.